The molecule has 0 radical (unpaired) electrons. The Morgan fingerprint density at radius 1 is 1.61 bits per heavy atom. The van der Waals surface area contributed by atoms with Gasteiger partial charge < -0.3 is 20.7 Å². The van der Waals surface area contributed by atoms with Gasteiger partial charge >= 0.3 is 0 Å². The van der Waals surface area contributed by atoms with Crippen LogP contribution < -0.4 is 11.1 Å². The van der Waals surface area contributed by atoms with Gasteiger partial charge in [0.1, 0.15) is 11.4 Å². The fraction of sp³-hybridized carbons (Fsp3) is 0.500. The van der Waals surface area contributed by atoms with Crippen molar-refractivity contribution in [3.8, 4) is 0 Å². The lowest BCUT2D eigenvalue weighted by atomic mass is 10.3. The molecule has 0 saturated carbocycles. The summed E-state index contributed by atoms with van der Waals surface area (Å²) in [5, 5.41) is 8.73. The maximum Gasteiger partial charge on any atom is 0.259 e. The van der Waals surface area contributed by atoms with Crippen LogP contribution in [0.5, 0.6) is 0 Å². The molecule has 0 saturated heterocycles. The van der Waals surface area contributed by atoms with Gasteiger partial charge in [-0.25, -0.2) is 0 Å². The van der Waals surface area contributed by atoms with Crippen LogP contribution in [0, 0.1) is 0 Å². The number of likely N-dealkylation sites (N-methyl/N-ethyl adjacent to an activating group) is 1. The molecule has 0 fully saturated rings. The first-order valence-corrected chi connectivity index (χ1v) is 5.36. The fourth-order valence-electron chi connectivity index (χ4n) is 1.31. The second-order valence-corrected chi connectivity index (χ2v) is 3.70. The number of H-pyrrole nitrogens is 1. The van der Waals surface area contributed by atoms with Crippen LogP contribution in [0.25, 0.3) is 0 Å². The van der Waals surface area contributed by atoms with E-state index in [1.807, 2.05) is 0 Å². The summed E-state index contributed by atoms with van der Waals surface area (Å²) in [6, 6.07) is 0. The van der Waals surface area contributed by atoms with Crippen LogP contribution in [0.15, 0.2) is 6.20 Å². The average molecular weight is 255 g/mol. The first kappa shape index (κ1) is 14.0. The molecular formula is C10H17N5O3. The maximum absolute atomic E-state index is 11.9. The minimum absolute atomic E-state index is 0.0484. The highest BCUT2D eigenvalue weighted by Crippen LogP contribution is 2.08. The lowest BCUT2D eigenvalue weighted by Gasteiger charge is -2.16. The Labute approximate surface area is 104 Å². The lowest BCUT2D eigenvalue weighted by Crippen LogP contribution is -2.39. The van der Waals surface area contributed by atoms with E-state index in [1.54, 1.807) is 7.11 Å². The molecule has 0 spiro atoms. The van der Waals surface area contributed by atoms with Crippen LogP contribution in [0.3, 0.4) is 0 Å². The largest absolute Gasteiger partial charge is 0.383 e. The Morgan fingerprint density at radius 2 is 2.33 bits per heavy atom. The van der Waals surface area contributed by atoms with Crippen molar-refractivity contribution in [1.82, 2.24) is 20.4 Å². The lowest BCUT2D eigenvalue weighted by molar-refractivity contribution is -0.121. The van der Waals surface area contributed by atoms with Gasteiger partial charge in [-0.1, -0.05) is 0 Å². The van der Waals surface area contributed by atoms with Gasteiger partial charge in [0.05, 0.1) is 19.3 Å². The Kier molecular flexibility index (Phi) is 5.12. The third-order valence-corrected chi connectivity index (χ3v) is 2.26. The van der Waals surface area contributed by atoms with Crippen molar-refractivity contribution in [2.24, 2.45) is 0 Å². The molecule has 8 nitrogen and oxygen atoms in total. The Bertz CT molecular complexity index is 417. The highest BCUT2D eigenvalue weighted by atomic mass is 16.5. The summed E-state index contributed by atoms with van der Waals surface area (Å²) in [4.78, 5) is 24.6. The van der Waals surface area contributed by atoms with Crippen LogP contribution in [0.2, 0.25) is 0 Å². The molecule has 1 rings (SSSR count). The van der Waals surface area contributed by atoms with Crippen molar-refractivity contribution in [1.29, 1.82) is 0 Å². The molecule has 0 aliphatic rings. The van der Waals surface area contributed by atoms with E-state index < -0.39 is 0 Å². The van der Waals surface area contributed by atoms with E-state index in [1.165, 1.54) is 18.1 Å². The van der Waals surface area contributed by atoms with Crippen LogP contribution in [0.4, 0.5) is 5.82 Å². The maximum atomic E-state index is 11.9. The number of methoxy groups -OCH3 is 1. The number of nitrogen functional groups attached to an aromatic ring is 1. The zero-order chi connectivity index (χ0) is 13.5. The fourth-order valence-corrected chi connectivity index (χ4v) is 1.31. The number of carbonyl (C=O) groups excluding carboxylic acids is 2. The molecule has 2 amide bonds. The standard InChI is InChI=1S/C10H17N5O3/c1-15(6-8(16)12-3-4-18-2)10(17)7-5-13-14-9(7)11/h5H,3-4,6H2,1-2H3,(H,12,16)(H3,11,13,14). The predicted octanol–water partition coefficient (Wildman–Crippen LogP) is -1.17. The first-order chi connectivity index (χ1) is 8.56. The number of anilines is 1. The zero-order valence-electron chi connectivity index (χ0n) is 10.4. The molecule has 8 heteroatoms. The Morgan fingerprint density at radius 3 is 2.89 bits per heavy atom. The van der Waals surface area contributed by atoms with E-state index in [-0.39, 0.29) is 29.7 Å². The monoisotopic (exact) mass is 255 g/mol. The summed E-state index contributed by atoms with van der Waals surface area (Å²) in [6.07, 6.45) is 1.33. The van der Waals surface area contributed by atoms with E-state index in [9.17, 15) is 9.59 Å². The second kappa shape index (κ2) is 6.60. The molecule has 18 heavy (non-hydrogen) atoms. The van der Waals surface area contributed by atoms with Crippen molar-refractivity contribution >= 4 is 17.6 Å². The van der Waals surface area contributed by atoms with Crippen LogP contribution in [-0.4, -0.2) is 60.8 Å². The molecule has 0 bridgehead atoms. The quantitative estimate of drug-likeness (QED) is 0.554. The normalized spacial score (nSPS) is 10.1. The van der Waals surface area contributed by atoms with Gasteiger partial charge in [-0.15, -0.1) is 0 Å². The number of carbonyl (C=O) groups is 2. The topological polar surface area (TPSA) is 113 Å². The summed E-state index contributed by atoms with van der Waals surface area (Å²) in [7, 11) is 3.06. The molecule has 0 aliphatic heterocycles. The van der Waals surface area contributed by atoms with Gasteiger partial charge in [0.15, 0.2) is 0 Å². The number of nitrogens with two attached hydrogens (primary N) is 1. The van der Waals surface area contributed by atoms with E-state index >= 15 is 0 Å². The summed E-state index contributed by atoms with van der Waals surface area (Å²) in [6.45, 7) is 0.788. The molecule has 4 N–H and O–H groups in total. The van der Waals surface area contributed by atoms with Crippen molar-refractivity contribution in [3.05, 3.63) is 11.8 Å². The predicted molar refractivity (Wildman–Crippen MR) is 64.8 cm³/mol. The Balaban J connectivity index is 2.45. The van der Waals surface area contributed by atoms with Gasteiger partial charge in [0.25, 0.3) is 5.91 Å². The smallest absolute Gasteiger partial charge is 0.259 e. The number of amides is 2. The highest BCUT2D eigenvalue weighted by Gasteiger charge is 2.18. The van der Waals surface area contributed by atoms with E-state index in [2.05, 4.69) is 15.5 Å². The number of ether oxygens (including phenoxy) is 1. The Hall–Kier alpha value is -2.09. The number of nitrogens with one attached hydrogen (secondary N) is 2. The van der Waals surface area contributed by atoms with Crippen LogP contribution in [0.1, 0.15) is 10.4 Å². The third kappa shape index (κ3) is 3.74. The number of aromatic nitrogens is 2. The zero-order valence-corrected chi connectivity index (χ0v) is 10.4. The number of aromatic amines is 1. The van der Waals surface area contributed by atoms with E-state index in [4.69, 9.17) is 10.5 Å². The number of nitrogens with zero attached hydrogens (tertiary/aromatic N) is 2. The molecule has 1 aromatic heterocycles. The van der Waals surface area contributed by atoms with Crippen molar-refractivity contribution in [2.45, 2.75) is 0 Å². The molecule has 100 valence electrons. The van der Waals surface area contributed by atoms with Crippen LogP contribution >= 0.6 is 0 Å². The van der Waals surface area contributed by atoms with Gasteiger partial charge in [0.2, 0.25) is 5.91 Å². The summed E-state index contributed by atoms with van der Waals surface area (Å²) in [5.41, 5.74) is 5.78. The van der Waals surface area contributed by atoms with Gasteiger partial charge in [-0.2, -0.15) is 5.10 Å². The number of hydrogen-bond acceptors (Lipinski definition) is 5. The molecule has 0 aromatic carbocycles. The second-order valence-electron chi connectivity index (χ2n) is 3.70. The summed E-state index contributed by atoms with van der Waals surface area (Å²) >= 11 is 0. The van der Waals surface area contributed by atoms with Crippen molar-refractivity contribution < 1.29 is 14.3 Å². The van der Waals surface area contributed by atoms with Gasteiger partial charge in [0, 0.05) is 20.7 Å². The molecule has 0 aliphatic carbocycles. The molecular weight excluding hydrogens is 238 g/mol. The van der Waals surface area contributed by atoms with E-state index in [0.29, 0.717) is 13.2 Å². The first-order valence-electron chi connectivity index (χ1n) is 5.36. The van der Waals surface area contributed by atoms with Crippen LogP contribution in [-0.2, 0) is 9.53 Å². The average Bonchev–Trinajstić information content (AvgIpc) is 2.74. The van der Waals surface area contributed by atoms with Crippen molar-refractivity contribution in [3.63, 3.8) is 0 Å². The number of hydrogen-bond donors (Lipinski definition) is 3. The summed E-state index contributed by atoms with van der Waals surface area (Å²) in [5.74, 6) is -0.431. The number of rotatable bonds is 6. The SMILES string of the molecule is COCCNC(=O)CN(C)C(=O)c1cn[nH]c1N. The highest BCUT2D eigenvalue weighted by molar-refractivity contribution is 5.99. The molecule has 0 atom stereocenters. The van der Waals surface area contributed by atoms with Gasteiger partial charge in [-0.05, 0) is 0 Å². The third-order valence-electron chi connectivity index (χ3n) is 2.26. The van der Waals surface area contributed by atoms with Gasteiger partial charge in [-0.3, -0.25) is 14.7 Å². The molecule has 1 aromatic rings. The molecule has 0 unspecified atom stereocenters. The summed E-state index contributed by atoms with van der Waals surface area (Å²) < 4.78 is 4.80. The molecule has 1 heterocycles. The minimum Gasteiger partial charge on any atom is -0.383 e. The van der Waals surface area contributed by atoms with Crippen molar-refractivity contribution in [2.75, 3.05) is 39.6 Å². The van der Waals surface area contributed by atoms with E-state index in [0.717, 1.165) is 0 Å². The minimum atomic E-state index is -0.358.